The number of sulfonamides is 1. The third kappa shape index (κ3) is 5.04. The third-order valence-electron chi connectivity index (χ3n) is 6.11. The lowest BCUT2D eigenvalue weighted by molar-refractivity contribution is -0.0715. The van der Waals surface area contributed by atoms with E-state index < -0.39 is 10.0 Å². The van der Waals surface area contributed by atoms with E-state index in [-0.39, 0.29) is 35.1 Å². The van der Waals surface area contributed by atoms with Crippen molar-refractivity contribution >= 4 is 15.9 Å². The summed E-state index contributed by atoms with van der Waals surface area (Å²) in [5.74, 6) is -0.0204. The number of ether oxygens (including phenoxy) is 1. The number of hydrogen-bond donors (Lipinski definition) is 0. The van der Waals surface area contributed by atoms with Crippen molar-refractivity contribution in [2.45, 2.75) is 69.7 Å². The minimum atomic E-state index is -3.55. The standard InChI is InChI=1S/C22H35N3O4S/c1-16(2)23(5)30(27,28)21-10-8-19(9-11-21)22(26)25-12-6-7-20(25)15-24-13-17(3)29-18(4)14-24/h8-11,16-18,20H,6-7,12-15H2,1-5H3. The van der Waals surface area contributed by atoms with Gasteiger partial charge in [0.15, 0.2) is 0 Å². The van der Waals surface area contributed by atoms with Crippen molar-refractivity contribution in [2.24, 2.45) is 0 Å². The van der Waals surface area contributed by atoms with Gasteiger partial charge in [0.2, 0.25) is 10.0 Å². The largest absolute Gasteiger partial charge is 0.373 e. The fraction of sp³-hybridized carbons (Fsp3) is 0.682. The highest BCUT2D eigenvalue weighted by molar-refractivity contribution is 7.89. The Labute approximate surface area is 181 Å². The predicted octanol–water partition coefficient (Wildman–Crippen LogP) is 2.43. The van der Waals surface area contributed by atoms with Gasteiger partial charge in [0.1, 0.15) is 0 Å². The molecule has 3 atom stereocenters. The number of carbonyl (C=O) groups excluding carboxylic acids is 1. The number of benzene rings is 1. The van der Waals surface area contributed by atoms with Crippen molar-refractivity contribution in [1.82, 2.24) is 14.1 Å². The van der Waals surface area contributed by atoms with Gasteiger partial charge in [-0.15, -0.1) is 0 Å². The van der Waals surface area contributed by atoms with Gasteiger partial charge in [-0.05, 0) is 64.8 Å². The maximum absolute atomic E-state index is 13.2. The average molecular weight is 438 g/mol. The van der Waals surface area contributed by atoms with E-state index in [1.807, 2.05) is 18.7 Å². The number of hydrogen-bond acceptors (Lipinski definition) is 5. The molecule has 3 unspecified atom stereocenters. The number of amides is 1. The van der Waals surface area contributed by atoms with E-state index in [4.69, 9.17) is 4.74 Å². The number of nitrogens with zero attached hydrogens (tertiary/aromatic N) is 3. The van der Waals surface area contributed by atoms with E-state index in [0.29, 0.717) is 5.56 Å². The molecule has 0 bridgehead atoms. The molecule has 2 aliphatic heterocycles. The zero-order chi connectivity index (χ0) is 22.1. The van der Waals surface area contributed by atoms with E-state index in [1.54, 1.807) is 19.2 Å². The molecule has 1 amide bonds. The molecule has 2 saturated heterocycles. The minimum Gasteiger partial charge on any atom is -0.373 e. The molecular formula is C22H35N3O4S. The monoisotopic (exact) mass is 437 g/mol. The van der Waals surface area contributed by atoms with Crippen LogP contribution < -0.4 is 0 Å². The maximum atomic E-state index is 13.2. The number of morpholine rings is 1. The second kappa shape index (κ2) is 9.34. The van der Waals surface area contributed by atoms with Gasteiger partial charge in [-0.25, -0.2) is 8.42 Å². The van der Waals surface area contributed by atoms with E-state index in [2.05, 4.69) is 18.7 Å². The van der Waals surface area contributed by atoms with Crippen molar-refractivity contribution in [1.29, 1.82) is 0 Å². The summed E-state index contributed by atoms with van der Waals surface area (Å²) in [6, 6.07) is 6.41. The smallest absolute Gasteiger partial charge is 0.254 e. The van der Waals surface area contributed by atoms with Crippen LogP contribution in [0.3, 0.4) is 0 Å². The molecule has 1 aromatic rings. The SMILES string of the molecule is CC1CN(CC2CCCN2C(=O)c2ccc(S(=O)(=O)N(C)C(C)C)cc2)CC(C)O1. The first-order valence-electron chi connectivity index (χ1n) is 10.9. The van der Waals surface area contributed by atoms with Gasteiger partial charge in [-0.2, -0.15) is 4.31 Å². The van der Waals surface area contributed by atoms with Crippen LogP contribution in [0.5, 0.6) is 0 Å². The lowest BCUT2D eigenvalue weighted by Gasteiger charge is -2.38. The predicted molar refractivity (Wildman–Crippen MR) is 117 cm³/mol. The van der Waals surface area contributed by atoms with E-state index in [1.165, 1.54) is 16.4 Å². The van der Waals surface area contributed by atoms with Crippen LogP contribution in [0, 0.1) is 0 Å². The Morgan fingerprint density at radius 2 is 1.77 bits per heavy atom. The second-order valence-electron chi connectivity index (χ2n) is 8.91. The first kappa shape index (κ1) is 23.2. The van der Waals surface area contributed by atoms with Gasteiger partial charge < -0.3 is 9.64 Å². The van der Waals surface area contributed by atoms with Crippen LogP contribution in [-0.2, 0) is 14.8 Å². The zero-order valence-corrected chi connectivity index (χ0v) is 19.6. The van der Waals surface area contributed by atoms with Crippen molar-refractivity contribution in [2.75, 3.05) is 33.2 Å². The summed E-state index contributed by atoms with van der Waals surface area (Å²) in [5, 5.41) is 0. The Kier molecular flexibility index (Phi) is 7.22. The first-order chi connectivity index (χ1) is 14.1. The van der Waals surface area contributed by atoms with Crippen molar-refractivity contribution < 1.29 is 17.9 Å². The topological polar surface area (TPSA) is 70.2 Å². The molecule has 0 aromatic heterocycles. The highest BCUT2D eigenvalue weighted by Crippen LogP contribution is 2.24. The summed E-state index contributed by atoms with van der Waals surface area (Å²) in [5.41, 5.74) is 0.539. The number of rotatable bonds is 6. The molecule has 7 nitrogen and oxygen atoms in total. The molecule has 30 heavy (non-hydrogen) atoms. The van der Waals surface area contributed by atoms with Gasteiger partial charge in [-0.1, -0.05) is 0 Å². The van der Waals surface area contributed by atoms with Crippen LogP contribution in [-0.4, -0.2) is 85.9 Å². The minimum absolute atomic E-state index is 0.0204. The van der Waals surface area contributed by atoms with Gasteiger partial charge in [0, 0.05) is 50.9 Å². The molecule has 0 spiro atoms. The number of likely N-dealkylation sites (tertiary alicyclic amines) is 1. The Bertz CT molecular complexity index is 830. The first-order valence-corrected chi connectivity index (χ1v) is 12.3. The van der Waals surface area contributed by atoms with Gasteiger partial charge in [0.05, 0.1) is 17.1 Å². The average Bonchev–Trinajstić information content (AvgIpc) is 3.14. The fourth-order valence-corrected chi connectivity index (χ4v) is 5.77. The van der Waals surface area contributed by atoms with Crippen LogP contribution in [0.15, 0.2) is 29.2 Å². The van der Waals surface area contributed by atoms with Crippen LogP contribution in [0.25, 0.3) is 0 Å². The maximum Gasteiger partial charge on any atom is 0.254 e. The Morgan fingerprint density at radius 3 is 2.33 bits per heavy atom. The highest BCUT2D eigenvalue weighted by atomic mass is 32.2. The summed E-state index contributed by atoms with van der Waals surface area (Å²) in [6.07, 6.45) is 2.41. The molecule has 0 radical (unpaired) electrons. The molecule has 1 aromatic carbocycles. The molecular weight excluding hydrogens is 402 g/mol. The Hall–Kier alpha value is -1.48. The lowest BCUT2D eigenvalue weighted by Crippen LogP contribution is -2.50. The third-order valence-corrected chi connectivity index (χ3v) is 8.16. The zero-order valence-electron chi connectivity index (χ0n) is 18.7. The summed E-state index contributed by atoms with van der Waals surface area (Å²) in [7, 11) is -1.98. The van der Waals surface area contributed by atoms with E-state index >= 15 is 0 Å². The molecule has 0 N–H and O–H groups in total. The second-order valence-corrected chi connectivity index (χ2v) is 10.9. The summed E-state index contributed by atoms with van der Waals surface area (Å²) < 4.78 is 32.5. The molecule has 2 fully saturated rings. The quantitative estimate of drug-likeness (QED) is 0.684. The molecule has 168 valence electrons. The summed E-state index contributed by atoms with van der Waals surface area (Å²) in [6.45, 7) is 11.2. The van der Waals surface area contributed by atoms with Crippen LogP contribution in [0.4, 0.5) is 0 Å². The molecule has 2 aliphatic rings. The molecule has 3 rings (SSSR count). The van der Waals surface area contributed by atoms with Gasteiger partial charge in [-0.3, -0.25) is 9.69 Å². The highest BCUT2D eigenvalue weighted by Gasteiger charge is 2.33. The normalized spacial score (nSPS) is 26.0. The fourth-order valence-electron chi connectivity index (χ4n) is 4.40. The van der Waals surface area contributed by atoms with Crippen molar-refractivity contribution in [3.63, 3.8) is 0 Å². The van der Waals surface area contributed by atoms with Crippen molar-refractivity contribution in [3.05, 3.63) is 29.8 Å². The Morgan fingerprint density at radius 1 is 1.17 bits per heavy atom. The van der Waals surface area contributed by atoms with E-state index in [9.17, 15) is 13.2 Å². The Balaban J connectivity index is 1.69. The van der Waals surface area contributed by atoms with Crippen LogP contribution in [0.1, 0.15) is 50.9 Å². The van der Waals surface area contributed by atoms with Gasteiger partial charge in [0.25, 0.3) is 5.91 Å². The van der Waals surface area contributed by atoms with Crippen LogP contribution >= 0.6 is 0 Å². The van der Waals surface area contributed by atoms with Crippen LogP contribution in [0.2, 0.25) is 0 Å². The molecule has 0 aliphatic carbocycles. The lowest BCUT2D eigenvalue weighted by atomic mass is 10.1. The van der Waals surface area contributed by atoms with Gasteiger partial charge >= 0.3 is 0 Å². The molecule has 2 heterocycles. The van der Waals surface area contributed by atoms with E-state index in [0.717, 1.165) is 39.0 Å². The summed E-state index contributed by atoms with van der Waals surface area (Å²) in [4.78, 5) is 17.7. The number of carbonyl (C=O) groups is 1. The van der Waals surface area contributed by atoms with Crippen molar-refractivity contribution in [3.8, 4) is 0 Å². The molecule has 8 heteroatoms. The molecule has 0 saturated carbocycles. The summed E-state index contributed by atoms with van der Waals surface area (Å²) >= 11 is 0.